The third-order valence-electron chi connectivity index (χ3n) is 2.80. The number of nitrogens with zero attached hydrogens (tertiary/aromatic N) is 1. The summed E-state index contributed by atoms with van der Waals surface area (Å²) in [6.45, 7) is 4.10. The summed E-state index contributed by atoms with van der Waals surface area (Å²) in [6.07, 6.45) is 0. The van der Waals surface area contributed by atoms with Crippen LogP contribution in [0.2, 0.25) is 0 Å². The molecule has 1 aromatic heterocycles. The first-order valence-corrected chi connectivity index (χ1v) is 5.34. The second kappa shape index (κ2) is 12.2. The summed E-state index contributed by atoms with van der Waals surface area (Å²) in [6, 6.07) is 20.8. The summed E-state index contributed by atoms with van der Waals surface area (Å²) in [4.78, 5) is 0. The Morgan fingerprint density at radius 2 is 1.19 bits per heavy atom. The van der Waals surface area contributed by atoms with Gasteiger partial charge >= 0.3 is 0 Å². The van der Waals surface area contributed by atoms with Gasteiger partial charge in [-0.3, -0.25) is 0 Å². The fraction of sp³-hybridized carbons (Fsp3) is 0. The van der Waals surface area contributed by atoms with Crippen molar-refractivity contribution in [3.8, 4) is 5.69 Å². The Bertz CT molecular complexity index is 637. The third kappa shape index (κ3) is 5.72. The summed E-state index contributed by atoms with van der Waals surface area (Å²) in [5.74, 6) is 0. The van der Waals surface area contributed by atoms with E-state index in [1.165, 1.54) is 10.9 Å². The van der Waals surface area contributed by atoms with E-state index in [1.807, 2.05) is 18.2 Å². The van der Waals surface area contributed by atoms with Crippen molar-refractivity contribution in [3.05, 3.63) is 73.3 Å². The molecule has 0 N–H and O–H groups in total. The maximum Gasteiger partial charge on any atom is 0.0428 e. The summed E-state index contributed by atoms with van der Waals surface area (Å²) in [5, 5.41) is 1.23. The van der Waals surface area contributed by atoms with Gasteiger partial charge in [-0.1, -0.05) is 41.8 Å². The average molecular weight is 461 g/mol. The smallest absolute Gasteiger partial charge is 0.0428 e. The van der Waals surface area contributed by atoms with Crippen molar-refractivity contribution in [2.45, 2.75) is 0 Å². The molecule has 2 aromatic carbocycles. The molecule has 0 amide bonds. The molecule has 0 aliphatic rings. The van der Waals surface area contributed by atoms with E-state index in [0.717, 1.165) is 11.4 Å². The van der Waals surface area contributed by atoms with Gasteiger partial charge in [-0.25, -0.2) is 6.92 Å². The van der Waals surface area contributed by atoms with Gasteiger partial charge in [0.15, 0.2) is 0 Å². The molecule has 0 bridgehead atoms. The second-order valence-electron chi connectivity index (χ2n) is 3.87. The number of rotatable bonds is 1. The Labute approximate surface area is 185 Å². The molecule has 0 aliphatic carbocycles. The molecule has 1 heterocycles. The van der Waals surface area contributed by atoms with Gasteiger partial charge in [-0.15, -0.1) is 5.69 Å². The number of fused-ring (bicyclic) bond motifs is 1. The van der Waals surface area contributed by atoms with Crippen LogP contribution in [0.1, 0.15) is 5.69 Å². The topological polar surface area (TPSA) is 4.93 Å². The fourth-order valence-electron chi connectivity index (χ4n) is 2.09. The standard InChI is InChI=1S/C15H12N.5V/c1-12-11-13-7-5-6-10-15(13)16(12)14-8-3-2-4-9-14;;;;;/h2-11H,1H2;;;;;/q-1;;;;;. The van der Waals surface area contributed by atoms with Crippen molar-refractivity contribution in [1.29, 1.82) is 0 Å². The van der Waals surface area contributed by atoms with Crippen LogP contribution < -0.4 is 0 Å². The molecule has 1 nitrogen and oxygen atoms in total. The van der Waals surface area contributed by atoms with Crippen LogP contribution in [-0.2, 0) is 92.8 Å². The van der Waals surface area contributed by atoms with Gasteiger partial charge in [-0.2, -0.15) is 6.07 Å². The van der Waals surface area contributed by atoms with E-state index < -0.39 is 0 Å². The van der Waals surface area contributed by atoms with Crippen LogP contribution in [0, 0.1) is 6.92 Å². The van der Waals surface area contributed by atoms with Gasteiger partial charge in [0.25, 0.3) is 0 Å². The molecule has 6 heteroatoms. The first-order valence-electron chi connectivity index (χ1n) is 5.34. The Balaban J connectivity index is -0.000000648. The van der Waals surface area contributed by atoms with Crippen LogP contribution >= 0.6 is 0 Å². The second-order valence-corrected chi connectivity index (χ2v) is 3.87. The van der Waals surface area contributed by atoms with Gasteiger partial charge < -0.3 is 4.57 Å². The van der Waals surface area contributed by atoms with Crippen molar-refractivity contribution in [3.63, 3.8) is 0 Å². The van der Waals surface area contributed by atoms with Crippen LogP contribution in [0.5, 0.6) is 0 Å². The number of benzene rings is 2. The molecule has 5 radical (unpaired) electrons. The fourth-order valence-corrected chi connectivity index (χ4v) is 2.09. The zero-order valence-corrected chi connectivity index (χ0v) is 18.1. The summed E-state index contributed by atoms with van der Waals surface area (Å²) < 4.78 is 2.18. The minimum absolute atomic E-state index is 0. The molecular formula is C15H12NV5-. The molecule has 0 spiro atoms. The molecule has 3 rings (SSSR count). The van der Waals surface area contributed by atoms with Gasteiger partial charge in [0, 0.05) is 104 Å². The van der Waals surface area contributed by atoms with Crippen LogP contribution in [0.4, 0.5) is 0 Å². The SMILES string of the molecule is [CH2-]c1cc2ccccc2n1-c1ccccc1.[V].[V].[V].[V].[V]. The summed E-state index contributed by atoms with van der Waals surface area (Å²) >= 11 is 0. The van der Waals surface area contributed by atoms with Gasteiger partial charge in [0.1, 0.15) is 0 Å². The zero-order valence-electron chi connectivity index (χ0n) is 11.2. The number of hydrogen-bond donors (Lipinski definition) is 0. The first-order chi connectivity index (χ1) is 7.86. The van der Waals surface area contributed by atoms with Crippen molar-refractivity contribution < 1.29 is 92.8 Å². The Hall–Kier alpha value is 0.772. The predicted molar refractivity (Wildman–Crippen MR) is 67.7 cm³/mol. The molecule has 0 saturated heterocycles. The minimum atomic E-state index is 0. The van der Waals surface area contributed by atoms with Crippen LogP contribution in [-0.4, -0.2) is 4.57 Å². The number of hydrogen-bond acceptors (Lipinski definition) is 0. The van der Waals surface area contributed by atoms with E-state index in [1.54, 1.807) is 0 Å². The third-order valence-corrected chi connectivity index (χ3v) is 2.80. The largest absolute Gasteiger partial charge is 0.346 e. The van der Waals surface area contributed by atoms with Crippen molar-refractivity contribution in [2.75, 3.05) is 0 Å². The molecule has 0 atom stereocenters. The van der Waals surface area contributed by atoms with Gasteiger partial charge in [0.05, 0.1) is 0 Å². The number of para-hydroxylation sites is 2. The van der Waals surface area contributed by atoms with E-state index in [0.29, 0.717) is 0 Å². The van der Waals surface area contributed by atoms with E-state index in [9.17, 15) is 0 Å². The maximum absolute atomic E-state index is 4.10. The van der Waals surface area contributed by atoms with Crippen LogP contribution in [0.25, 0.3) is 16.6 Å². The molecule has 21 heavy (non-hydrogen) atoms. The molecule has 0 saturated carbocycles. The quantitative estimate of drug-likeness (QED) is 0.487. The van der Waals surface area contributed by atoms with Gasteiger partial charge in [-0.05, 0) is 18.2 Å². The van der Waals surface area contributed by atoms with Crippen LogP contribution in [0.3, 0.4) is 0 Å². The predicted octanol–water partition coefficient (Wildman–Crippen LogP) is 3.80. The Morgan fingerprint density at radius 3 is 1.81 bits per heavy atom. The normalized spacial score (nSPS) is 8.19. The van der Waals surface area contributed by atoms with Crippen molar-refractivity contribution in [1.82, 2.24) is 4.57 Å². The average Bonchev–Trinajstić information content (AvgIpc) is 2.66. The first kappa shape index (κ1) is 26.7. The maximum atomic E-state index is 4.10. The molecule has 0 aliphatic heterocycles. The Kier molecular flexibility index (Phi) is 15.5. The molecule has 0 fully saturated rings. The van der Waals surface area contributed by atoms with E-state index in [4.69, 9.17) is 0 Å². The van der Waals surface area contributed by atoms with E-state index in [-0.39, 0.29) is 92.8 Å². The van der Waals surface area contributed by atoms with E-state index in [2.05, 4.69) is 54.0 Å². The molecule has 3 aromatic rings. The van der Waals surface area contributed by atoms with E-state index >= 15 is 0 Å². The van der Waals surface area contributed by atoms with Crippen LogP contribution in [0.15, 0.2) is 60.7 Å². The van der Waals surface area contributed by atoms with Crippen molar-refractivity contribution in [2.24, 2.45) is 0 Å². The molecule has 0 unspecified atom stereocenters. The molecular weight excluding hydrogens is 449 g/mol. The molecule has 103 valence electrons. The zero-order chi connectivity index (χ0) is 11.0. The van der Waals surface area contributed by atoms with Crippen molar-refractivity contribution >= 4 is 10.9 Å². The Morgan fingerprint density at radius 1 is 0.667 bits per heavy atom. The summed E-state index contributed by atoms with van der Waals surface area (Å²) in [5.41, 5.74) is 3.39. The minimum Gasteiger partial charge on any atom is -0.346 e. The van der Waals surface area contributed by atoms with Gasteiger partial charge in [0.2, 0.25) is 0 Å². The number of aromatic nitrogens is 1. The summed E-state index contributed by atoms with van der Waals surface area (Å²) in [7, 11) is 0. The monoisotopic (exact) mass is 461 g/mol.